The lowest BCUT2D eigenvalue weighted by molar-refractivity contribution is 0.0531. The Bertz CT molecular complexity index is 1040. The predicted molar refractivity (Wildman–Crippen MR) is 97.3 cm³/mol. The summed E-state index contributed by atoms with van der Waals surface area (Å²) in [6.07, 6.45) is 4.58. The van der Waals surface area contributed by atoms with Crippen molar-refractivity contribution in [1.29, 1.82) is 0 Å². The number of hydrogen-bond acceptors (Lipinski definition) is 8. The van der Waals surface area contributed by atoms with Gasteiger partial charge < -0.3 is 14.8 Å². The van der Waals surface area contributed by atoms with Crippen LogP contribution in [0, 0.1) is 6.92 Å². The third-order valence-electron chi connectivity index (χ3n) is 3.75. The molecule has 0 aliphatic carbocycles. The minimum atomic E-state index is -0.660. The molecular weight excluding hydrogens is 372 g/mol. The van der Waals surface area contributed by atoms with Crippen molar-refractivity contribution in [2.45, 2.75) is 13.8 Å². The topological polar surface area (TPSA) is 112 Å². The molecule has 1 N–H and O–H groups in total. The fourth-order valence-corrected chi connectivity index (χ4v) is 3.58. The van der Waals surface area contributed by atoms with E-state index in [0.717, 1.165) is 11.3 Å². The van der Waals surface area contributed by atoms with Crippen LogP contribution in [0.2, 0.25) is 0 Å². The van der Waals surface area contributed by atoms with E-state index in [9.17, 15) is 14.4 Å². The Morgan fingerprint density at radius 1 is 1.30 bits per heavy atom. The van der Waals surface area contributed by atoms with Crippen molar-refractivity contribution in [2.24, 2.45) is 0 Å². The Hall–Kier alpha value is -3.27. The van der Waals surface area contributed by atoms with Gasteiger partial charge in [-0.15, -0.1) is 11.3 Å². The monoisotopic (exact) mass is 388 g/mol. The van der Waals surface area contributed by atoms with Crippen molar-refractivity contribution >= 4 is 39.8 Å². The van der Waals surface area contributed by atoms with Crippen LogP contribution in [0.5, 0.6) is 0 Å². The first kappa shape index (κ1) is 18.5. The molecule has 3 heterocycles. The molecular formula is C17H16N4O5S. The molecule has 0 aliphatic heterocycles. The Balaban J connectivity index is 2.00. The molecule has 0 spiro atoms. The van der Waals surface area contributed by atoms with Crippen LogP contribution in [0.1, 0.15) is 42.9 Å². The summed E-state index contributed by atoms with van der Waals surface area (Å²) in [5.41, 5.74) is 1.10. The lowest BCUT2D eigenvalue weighted by Crippen LogP contribution is -2.14. The summed E-state index contributed by atoms with van der Waals surface area (Å²) in [5, 5.41) is 6.91. The number of rotatable bonds is 5. The molecule has 0 fully saturated rings. The maximum absolute atomic E-state index is 12.7. The van der Waals surface area contributed by atoms with E-state index in [1.807, 2.05) is 0 Å². The van der Waals surface area contributed by atoms with Gasteiger partial charge in [0.1, 0.15) is 15.4 Å². The highest BCUT2D eigenvalue weighted by Crippen LogP contribution is 2.34. The predicted octanol–water partition coefficient (Wildman–Crippen LogP) is 2.31. The third kappa shape index (κ3) is 3.38. The molecule has 0 saturated carbocycles. The summed E-state index contributed by atoms with van der Waals surface area (Å²) in [4.78, 5) is 41.4. The van der Waals surface area contributed by atoms with Gasteiger partial charge in [-0.25, -0.2) is 19.1 Å². The maximum Gasteiger partial charge on any atom is 0.348 e. The van der Waals surface area contributed by atoms with Gasteiger partial charge in [0.2, 0.25) is 0 Å². The first-order valence-electron chi connectivity index (χ1n) is 7.96. The number of aromatic nitrogens is 3. The molecule has 27 heavy (non-hydrogen) atoms. The van der Waals surface area contributed by atoms with Crippen molar-refractivity contribution < 1.29 is 23.9 Å². The highest BCUT2D eigenvalue weighted by molar-refractivity contribution is 7.18. The van der Waals surface area contributed by atoms with Crippen LogP contribution in [-0.2, 0) is 9.47 Å². The highest BCUT2D eigenvalue weighted by atomic mass is 32.1. The van der Waals surface area contributed by atoms with E-state index in [4.69, 9.17) is 9.47 Å². The van der Waals surface area contributed by atoms with E-state index in [1.54, 1.807) is 32.3 Å². The molecule has 0 aromatic carbocycles. The molecule has 0 atom stereocenters. The molecule has 3 aromatic rings. The molecule has 3 aromatic heterocycles. The van der Waals surface area contributed by atoms with Crippen molar-refractivity contribution in [2.75, 3.05) is 19.0 Å². The summed E-state index contributed by atoms with van der Waals surface area (Å²) >= 11 is 0.954. The van der Waals surface area contributed by atoms with Crippen molar-refractivity contribution in [3.05, 3.63) is 46.2 Å². The van der Waals surface area contributed by atoms with Crippen LogP contribution in [0.25, 0.3) is 5.65 Å². The molecule has 0 radical (unpaired) electrons. The second kappa shape index (κ2) is 7.54. The second-order valence-corrected chi connectivity index (χ2v) is 6.39. The highest BCUT2D eigenvalue weighted by Gasteiger charge is 2.27. The number of carbonyl (C=O) groups excluding carboxylic acids is 3. The van der Waals surface area contributed by atoms with E-state index in [2.05, 4.69) is 15.4 Å². The Labute approximate surface area is 157 Å². The van der Waals surface area contributed by atoms with Gasteiger partial charge in [-0.1, -0.05) is 0 Å². The van der Waals surface area contributed by atoms with Crippen LogP contribution in [0.4, 0.5) is 5.00 Å². The number of amides is 1. The number of anilines is 1. The maximum atomic E-state index is 12.7. The van der Waals surface area contributed by atoms with E-state index in [1.165, 1.54) is 17.8 Å². The third-order valence-corrected chi connectivity index (χ3v) is 4.94. The molecule has 0 bridgehead atoms. The van der Waals surface area contributed by atoms with Crippen LogP contribution < -0.4 is 5.32 Å². The summed E-state index contributed by atoms with van der Waals surface area (Å²) in [7, 11) is 1.23. The SMILES string of the molecule is CCOC(=O)c1sc(NC(=O)c2cnn3cccnc23)c(C(=O)OC)c1C. The van der Waals surface area contributed by atoms with Gasteiger partial charge in [-0.3, -0.25) is 4.79 Å². The van der Waals surface area contributed by atoms with Gasteiger partial charge in [-0.2, -0.15) is 5.10 Å². The van der Waals surface area contributed by atoms with Gasteiger partial charge in [0, 0.05) is 12.4 Å². The largest absolute Gasteiger partial charge is 0.465 e. The minimum Gasteiger partial charge on any atom is -0.465 e. The number of nitrogens with zero attached hydrogens (tertiary/aromatic N) is 3. The summed E-state index contributed by atoms with van der Waals surface area (Å²) in [5.74, 6) is -1.73. The van der Waals surface area contributed by atoms with Crippen LogP contribution in [0.15, 0.2) is 24.7 Å². The van der Waals surface area contributed by atoms with Crippen LogP contribution in [-0.4, -0.2) is 46.2 Å². The lowest BCUT2D eigenvalue weighted by atomic mass is 10.1. The zero-order valence-electron chi connectivity index (χ0n) is 14.8. The van der Waals surface area contributed by atoms with Crippen molar-refractivity contribution in [3.8, 4) is 0 Å². The number of carbonyl (C=O) groups is 3. The number of methoxy groups -OCH3 is 1. The van der Waals surface area contributed by atoms with Crippen LogP contribution in [0.3, 0.4) is 0 Å². The molecule has 3 rings (SSSR count). The zero-order chi connectivity index (χ0) is 19.6. The standard InChI is InChI=1S/C17H16N4O5S/c1-4-26-17(24)12-9(2)11(16(23)25-3)15(27-12)20-14(22)10-8-19-21-7-5-6-18-13(10)21/h5-8H,4H2,1-3H3,(H,20,22). The first-order valence-corrected chi connectivity index (χ1v) is 8.78. The quantitative estimate of drug-likeness (QED) is 0.668. The van der Waals surface area contributed by atoms with Gasteiger partial charge >= 0.3 is 11.9 Å². The molecule has 0 saturated heterocycles. The van der Waals surface area contributed by atoms with Gasteiger partial charge in [-0.05, 0) is 25.5 Å². The van der Waals surface area contributed by atoms with Gasteiger partial charge in [0.25, 0.3) is 5.91 Å². The molecule has 0 unspecified atom stereocenters. The number of ether oxygens (including phenoxy) is 2. The number of fused-ring (bicyclic) bond motifs is 1. The normalized spacial score (nSPS) is 10.6. The first-order chi connectivity index (χ1) is 13.0. The number of esters is 2. The Morgan fingerprint density at radius 2 is 2.07 bits per heavy atom. The fraction of sp³-hybridized carbons (Fsp3) is 0.235. The van der Waals surface area contributed by atoms with E-state index in [0.29, 0.717) is 11.2 Å². The van der Waals surface area contributed by atoms with Crippen LogP contribution >= 0.6 is 11.3 Å². The summed E-state index contributed by atoms with van der Waals surface area (Å²) < 4.78 is 11.3. The second-order valence-electron chi connectivity index (χ2n) is 5.37. The Morgan fingerprint density at radius 3 is 2.78 bits per heavy atom. The smallest absolute Gasteiger partial charge is 0.348 e. The molecule has 140 valence electrons. The summed E-state index contributed by atoms with van der Waals surface area (Å²) in [6, 6.07) is 1.69. The lowest BCUT2D eigenvalue weighted by Gasteiger charge is -2.05. The van der Waals surface area contributed by atoms with Crippen molar-refractivity contribution in [3.63, 3.8) is 0 Å². The van der Waals surface area contributed by atoms with E-state index >= 15 is 0 Å². The van der Waals surface area contributed by atoms with Gasteiger partial charge in [0.05, 0.1) is 25.5 Å². The average Bonchev–Trinajstić information content (AvgIpc) is 3.22. The number of hydrogen-bond donors (Lipinski definition) is 1. The number of nitrogens with one attached hydrogen (secondary N) is 1. The van der Waals surface area contributed by atoms with Crippen molar-refractivity contribution in [1.82, 2.24) is 14.6 Å². The summed E-state index contributed by atoms with van der Waals surface area (Å²) in [6.45, 7) is 3.48. The van der Waals surface area contributed by atoms with Gasteiger partial charge in [0.15, 0.2) is 5.65 Å². The molecule has 10 heteroatoms. The van der Waals surface area contributed by atoms with E-state index < -0.39 is 17.8 Å². The average molecular weight is 388 g/mol. The fourth-order valence-electron chi connectivity index (χ4n) is 2.50. The van der Waals surface area contributed by atoms with E-state index in [-0.39, 0.29) is 27.6 Å². The molecule has 0 aliphatic rings. The molecule has 9 nitrogen and oxygen atoms in total. The Kier molecular flexibility index (Phi) is 5.17. The molecule has 1 amide bonds. The minimum absolute atomic E-state index is 0.114. The zero-order valence-corrected chi connectivity index (χ0v) is 15.6. The number of thiophene rings is 1.